The predicted molar refractivity (Wildman–Crippen MR) is 38.0 cm³/mol. The van der Waals surface area contributed by atoms with Crippen LogP contribution in [0.4, 0.5) is 13.2 Å². The molecule has 0 N–H and O–H groups in total. The van der Waals surface area contributed by atoms with Gasteiger partial charge in [-0.05, 0) is 0 Å². The SMILES string of the molecule is O=COc1cc(F)c(F)c(Cl)c1F. The lowest BCUT2D eigenvalue weighted by Crippen LogP contribution is -1.97. The molecular weight excluding hydrogens is 209 g/mol. The van der Waals surface area contributed by atoms with Crippen LogP contribution in [0.25, 0.3) is 0 Å². The Kier molecular flexibility index (Phi) is 2.77. The van der Waals surface area contributed by atoms with Crippen LogP contribution in [-0.2, 0) is 4.79 Å². The van der Waals surface area contributed by atoms with Crippen molar-refractivity contribution < 1.29 is 22.7 Å². The van der Waals surface area contributed by atoms with Crippen molar-refractivity contribution in [2.45, 2.75) is 0 Å². The van der Waals surface area contributed by atoms with Gasteiger partial charge in [0.2, 0.25) is 0 Å². The van der Waals surface area contributed by atoms with Crippen molar-refractivity contribution in [2.75, 3.05) is 0 Å². The van der Waals surface area contributed by atoms with Crippen LogP contribution < -0.4 is 4.74 Å². The largest absolute Gasteiger partial charge is 0.425 e. The minimum atomic E-state index is -1.52. The Morgan fingerprint density at radius 1 is 1.31 bits per heavy atom. The highest BCUT2D eigenvalue weighted by atomic mass is 35.5. The van der Waals surface area contributed by atoms with Crippen LogP contribution in [0.15, 0.2) is 6.07 Å². The van der Waals surface area contributed by atoms with E-state index in [9.17, 15) is 18.0 Å². The molecule has 0 atom stereocenters. The third kappa shape index (κ3) is 1.75. The summed E-state index contributed by atoms with van der Waals surface area (Å²) in [6.45, 7) is -0.119. The smallest absolute Gasteiger partial charge is 0.298 e. The van der Waals surface area contributed by atoms with Gasteiger partial charge in [0.15, 0.2) is 23.2 Å². The minimum absolute atomic E-state index is 0.119. The molecule has 1 aromatic carbocycles. The predicted octanol–water partition coefficient (Wildman–Crippen LogP) is 2.29. The van der Waals surface area contributed by atoms with E-state index in [1.54, 1.807) is 0 Å². The quantitative estimate of drug-likeness (QED) is 0.425. The number of hydrogen-bond donors (Lipinski definition) is 0. The zero-order chi connectivity index (χ0) is 10.0. The van der Waals surface area contributed by atoms with Gasteiger partial charge >= 0.3 is 0 Å². The summed E-state index contributed by atoms with van der Waals surface area (Å²) in [4.78, 5) is 9.79. The second-order valence-electron chi connectivity index (χ2n) is 2.01. The summed E-state index contributed by atoms with van der Waals surface area (Å²) in [6.07, 6.45) is 0. The number of benzene rings is 1. The van der Waals surface area contributed by atoms with E-state index in [0.717, 1.165) is 0 Å². The molecule has 0 saturated heterocycles. The summed E-state index contributed by atoms with van der Waals surface area (Å²) in [5, 5.41) is -1.04. The average Bonchev–Trinajstić information content (AvgIpc) is 2.11. The van der Waals surface area contributed by atoms with Crippen LogP contribution in [0, 0.1) is 17.5 Å². The van der Waals surface area contributed by atoms with Crippen molar-refractivity contribution in [1.82, 2.24) is 0 Å². The molecule has 0 radical (unpaired) electrons. The van der Waals surface area contributed by atoms with Crippen LogP contribution in [0.1, 0.15) is 0 Å². The molecule has 1 rings (SSSR count). The molecule has 0 aliphatic rings. The molecule has 6 heteroatoms. The van der Waals surface area contributed by atoms with E-state index in [2.05, 4.69) is 4.74 Å². The van der Waals surface area contributed by atoms with Crippen LogP contribution in [0.2, 0.25) is 5.02 Å². The Morgan fingerprint density at radius 2 is 1.92 bits per heavy atom. The normalized spacial score (nSPS) is 9.85. The van der Waals surface area contributed by atoms with Gasteiger partial charge in [-0.25, -0.2) is 13.2 Å². The Balaban J connectivity index is 3.31. The standard InChI is InChI=1S/C7H2ClF3O2/c8-5-6(10)3(9)1-4(7(5)11)13-2-12/h1-2H. The maximum absolute atomic E-state index is 12.8. The van der Waals surface area contributed by atoms with E-state index < -0.39 is 28.2 Å². The molecule has 0 aliphatic carbocycles. The molecule has 1 aromatic rings. The van der Waals surface area contributed by atoms with Gasteiger partial charge in [-0.3, -0.25) is 4.79 Å². The lowest BCUT2D eigenvalue weighted by Gasteiger charge is -2.02. The summed E-state index contributed by atoms with van der Waals surface area (Å²) in [7, 11) is 0. The van der Waals surface area contributed by atoms with Gasteiger partial charge in [0.25, 0.3) is 6.47 Å². The van der Waals surface area contributed by atoms with Gasteiger partial charge < -0.3 is 4.74 Å². The highest BCUT2D eigenvalue weighted by Gasteiger charge is 2.17. The average molecular weight is 211 g/mol. The summed E-state index contributed by atoms with van der Waals surface area (Å²) < 4.78 is 41.9. The number of hydrogen-bond acceptors (Lipinski definition) is 2. The van der Waals surface area contributed by atoms with E-state index in [0.29, 0.717) is 6.07 Å². The van der Waals surface area contributed by atoms with Gasteiger partial charge in [0.1, 0.15) is 5.02 Å². The maximum atomic E-state index is 12.8. The monoisotopic (exact) mass is 210 g/mol. The first-order valence-corrected chi connectivity index (χ1v) is 3.39. The first-order valence-electron chi connectivity index (χ1n) is 3.01. The third-order valence-electron chi connectivity index (χ3n) is 1.24. The van der Waals surface area contributed by atoms with Crippen LogP contribution in [0.3, 0.4) is 0 Å². The number of halogens is 4. The number of ether oxygens (including phenoxy) is 1. The molecule has 0 fully saturated rings. The van der Waals surface area contributed by atoms with Gasteiger partial charge in [-0.2, -0.15) is 0 Å². The third-order valence-corrected chi connectivity index (χ3v) is 1.58. The topological polar surface area (TPSA) is 26.3 Å². The molecular formula is C7H2ClF3O2. The highest BCUT2D eigenvalue weighted by molar-refractivity contribution is 6.31. The summed E-state index contributed by atoms with van der Waals surface area (Å²) in [5.41, 5.74) is 0. The van der Waals surface area contributed by atoms with Crippen molar-refractivity contribution in [1.29, 1.82) is 0 Å². The molecule has 2 nitrogen and oxygen atoms in total. The zero-order valence-electron chi connectivity index (χ0n) is 5.98. The minimum Gasteiger partial charge on any atom is -0.425 e. The summed E-state index contributed by atoms with van der Waals surface area (Å²) in [5.74, 6) is -4.97. The lowest BCUT2D eigenvalue weighted by atomic mass is 10.3. The number of carbonyl (C=O) groups is 1. The molecule has 0 saturated carbocycles. The Hall–Kier alpha value is -1.23. The van der Waals surface area contributed by atoms with Gasteiger partial charge in [0.05, 0.1) is 0 Å². The zero-order valence-corrected chi connectivity index (χ0v) is 6.74. The fraction of sp³-hybridized carbons (Fsp3) is 0. The van der Waals surface area contributed by atoms with Crippen LogP contribution in [-0.4, -0.2) is 6.47 Å². The molecule has 0 unspecified atom stereocenters. The first-order chi connectivity index (χ1) is 6.07. The molecule has 0 aliphatic heterocycles. The Bertz CT molecular complexity index is 354. The van der Waals surface area contributed by atoms with Crippen molar-refractivity contribution in [3.8, 4) is 5.75 Å². The van der Waals surface area contributed by atoms with Gasteiger partial charge in [-0.1, -0.05) is 11.6 Å². The van der Waals surface area contributed by atoms with Gasteiger partial charge in [0, 0.05) is 6.07 Å². The maximum Gasteiger partial charge on any atom is 0.298 e. The Labute approximate surface area is 75.9 Å². The second-order valence-corrected chi connectivity index (χ2v) is 2.39. The summed E-state index contributed by atoms with van der Waals surface area (Å²) >= 11 is 5.04. The van der Waals surface area contributed by atoms with Crippen molar-refractivity contribution in [3.05, 3.63) is 28.5 Å². The lowest BCUT2D eigenvalue weighted by molar-refractivity contribution is -0.120. The number of rotatable bonds is 2. The second kappa shape index (κ2) is 3.66. The van der Waals surface area contributed by atoms with Crippen LogP contribution in [0.5, 0.6) is 5.75 Å². The van der Waals surface area contributed by atoms with E-state index in [-0.39, 0.29) is 6.47 Å². The van der Waals surface area contributed by atoms with Gasteiger partial charge in [-0.15, -0.1) is 0 Å². The van der Waals surface area contributed by atoms with E-state index in [1.165, 1.54) is 0 Å². The van der Waals surface area contributed by atoms with Crippen LogP contribution >= 0.6 is 11.6 Å². The fourth-order valence-electron chi connectivity index (χ4n) is 0.689. The van der Waals surface area contributed by atoms with Crippen molar-refractivity contribution in [3.63, 3.8) is 0 Å². The highest BCUT2D eigenvalue weighted by Crippen LogP contribution is 2.29. The fourth-order valence-corrected chi connectivity index (χ4v) is 0.872. The number of carbonyl (C=O) groups excluding carboxylic acids is 1. The Morgan fingerprint density at radius 3 is 2.46 bits per heavy atom. The van der Waals surface area contributed by atoms with E-state index >= 15 is 0 Å². The first kappa shape index (κ1) is 9.85. The molecule has 70 valence electrons. The molecule has 0 bridgehead atoms. The van der Waals surface area contributed by atoms with Crippen molar-refractivity contribution >= 4 is 18.1 Å². The molecule has 0 aromatic heterocycles. The van der Waals surface area contributed by atoms with E-state index in [1.807, 2.05) is 0 Å². The molecule has 13 heavy (non-hydrogen) atoms. The van der Waals surface area contributed by atoms with E-state index in [4.69, 9.17) is 11.6 Å². The molecule has 0 spiro atoms. The molecule has 0 heterocycles. The molecule has 0 amide bonds. The van der Waals surface area contributed by atoms with Crippen molar-refractivity contribution in [2.24, 2.45) is 0 Å². The summed E-state index contributed by atoms with van der Waals surface area (Å²) in [6, 6.07) is 0.394.